The van der Waals surface area contributed by atoms with E-state index in [1.54, 1.807) is 7.05 Å². The van der Waals surface area contributed by atoms with Crippen LogP contribution in [-0.4, -0.2) is 41.1 Å². The minimum atomic E-state index is -4.58. The Morgan fingerprint density at radius 2 is 2.04 bits per heavy atom. The molecule has 25 heavy (non-hydrogen) atoms. The molecule has 134 valence electrons. The number of alkyl halides is 3. The molecule has 1 atom stereocenters. The second-order valence-electron chi connectivity index (χ2n) is 5.32. The Morgan fingerprint density at radius 1 is 1.32 bits per heavy atom. The average molecular weight is 354 g/mol. The monoisotopic (exact) mass is 354 g/mol. The van der Waals surface area contributed by atoms with Gasteiger partial charge < -0.3 is 15.3 Å². The van der Waals surface area contributed by atoms with Crippen LogP contribution in [0.25, 0.3) is 0 Å². The highest BCUT2D eigenvalue weighted by molar-refractivity contribution is 5.80. The molecule has 0 fully saturated rings. The maximum atomic E-state index is 12.9. The number of nitrogens with zero attached hydrogens (tertiary/aromatic N) is 3. The van der Waals surface area contributed by atoms with Crippen molar-refractivity contribution in [2.75, 3.05) is 25.0 Å². The van der Waals surface area contributed by atoms with Gasteiger partial charge in [-0.3, -0.25) is 9.78 Å². The quantitative estimate of drug-likeness (QED) is 0.827. The molecule has 1 aromatic carbocycles. The number of halogens is 3. The number of hydrogen-bond donors (Lipinski definition) is 2. The Labute approximate surface area is 142 Å². The van der Waals surface area contributed by atoms with Crippen LogP contribution in [0.15, 0.2) is 42.9 Å². The Hall–Kier alpha value is -2.68. The Kier molecular flexibility index (Phi) is 5.92. The number of nitrogens with one attached hydrogen (secondary N) is 1. The molecule has 0 saturated carbocycles. The Bertz CT molecular complexity index is 710. The second kappa shape index (κ2) is 7.93. The lowest BCUT2D eigenvalue weighted by Gasteiger charge is -2.20. The lowest BCUT2D eigenvalue weighted by molar-refractivity contribution is -0.139. The molecule has 0 aliphatic carbocycles. The van der Waals surface area contributed by atoms with E-state index < -0.39 is 23.8 Å². The first kappa shape index (κ1) is 18.7. The SMILES string of the molecule is CN(CC(=O)NC[C@H](O)c1ccccc1C(F)(F)F)c1cnccn1. The minimum Gasteiger partial charge on any atom is -0.387 e. The normalized spacial score (nSPS) is 12.5. The second-order valence-corrected chi connectivity index (χ2v) is 5.32. The highest BCUT2D eigenvalue weighted by atomic mass is 19.4. The van der Waals surface area contributed by atoms with Crippen molar-refractivity contribution in [3.05, 3.63) is 54.0 Å². The van der Waals surface area contributed by atoms with E-state index in [9.17, 15) is 23.1 Å². The fourth-order valence-electron chi connectivity index (χ4n) is 2.21. The number of amides is 1. The third kappa shape index (κ3) is 5.15. The van der Waals surface area contributed by atoms with Crippen LogP contribution in [0.1, 0.15) is 17.2 Å². The standard InChI is InChI=1S/C16H17F3N4O2/c1-23(14-9-20-6-7-21-14)10-15(25)22-8-13(24)11-4-2-3-5-12(11)16(17,18)19/h2-7,9,13,24H,8,10H2,1H3,(H,22,25)/t13-/m0/s1. The zero-order valence-electron chi connectivity index (χ0n) is 13.4. The maximum absolute atomic E-state index is 12.9. The van der Waals surface area contributed by atoms with Crippen molar-refractivity contribution in [3.63, 3.8) is 0 Å². The van der Waals surface area contributed by atoms with Gasteiger partial charge in [0.05, 0.1) is 24.4 Å². The average Bonchev–Trinajstić information content (AvgIpc) is 2.59. The number of carbonyl (C=O) groups is 1. The molecule has 0 spiro atoms. The third-order valence-electron chi connectivity index (χ3n) is 3.44. The van der Waals surface area contributed by atoms with E-state index in [4.69, 9.17) is 0 Å². The van der Waals surface area contributed by atoms with Gasteiger partial charge in [0.2, 0.25) is 5.91 Å². The first-order valence-electron chi connectivity index (χ1n) is 7.37. The molecular formula is C16H17F3N4O2. The Balaban J connectivity index is 1.94. The van der Waals surface area contributed by atoms with Crippen molar-refractivity contribution in [1.29, 1.82) is 0 Å². The molecular weight excluding hydrogens is 337 g/mol. The number of aliphatic hydroxyl groups excluding tert-OH is 1. The van der Waals surface area contributed by atoms with E-state index in [2.05, 4.69) is 15.3 Å². The molecule has 6 nitrogen and oxygen atoms in total. The summed E-state index contributed by atoms with van der Waals surface area (Å²) in [4.78, 5) is 21.3. The van der Waals surface area contributed by atoms with Crippen molar-refractivity contribution in [1.82, 2.24) is 15.3 Å². The third-order valence-corrected chi connectivity index (χ3v) is 3.44. The predicted octanol–water partition coefficient (Wildman–Crippen LogP) is 1.78. The summed E-state index contributed by atoms with van der Waals surface area (Å²) < 4.78 is 38.8. The van der Waals surface area contributed by atoms with Gasteiger partial charge in [0.1, 0.15) is 5.82 Å². The van der Waals surface area contributed by atoms with Crippen molar-refractivity contribution in [2.45, 2.75) is 12.3 Å². The van der Waals surface area contributed by atoms with Crippen LogP contribution >= 0.6 is 0 Å². The number of rotatable bonds is 6. The van der Waals surface area contributed by atoms with Gasteiger partial charge in [0, 0.05) is 26.0 Å². The molecule has 9 heteroatoms. The summed E-state index contributed by atoms with van der Waals surface area (Å²) >= 11 is 0. The predicted molar refractivity (Wildman–Crippen MR) is 84.7 cm³/mol. The van der Waals surface area contributed by atoms with Gasteiger partial charge in [-0.2, -0.15) is 13.2 Å². The molecule has 0 unspecified atom stereocenters. The molecule has 0 radical (unpaired) electrons. The summed E-state index contributed by atoms with van der Waals surface area (Å²) in [6.45, 7) is -0.410. The van der Waals surface area contributed by atoms with E-state index >= 15 is 0 Å². The van der Waals surface area contributed by atoms with Gasteiger partial charge in [0.15, 0.2) is 0 Å². The molecule has 1 amide bonds. The van der Waals surface area contributed by atoms with Crippen LogP contribution in [0.3, 0.4) is 0 Å². The number of benzene rings is 1. The zero-order chi connectivity index (χ0) is 18.4. The highest BCUT2D eigenvalue weighted by Gasteiger charge is 2.34. The van der Waals surface area contributed by atoms with E-state index in [1.807, 2.05) is 0 Å². The van der Waals surface area contributed by atoms with Gasteiger partial charge >= 0.3 is 6.18 Å². The summed E-state index contributed by atoms with van der Waals surface area (Å²) in [7, 11) is 1.62. The molecule has 1 aromatic heterocycles. The van der Waals surface area contributed by atoms with Crippen molar-refractivity contribution >= 4 is 11.7 Å². The summed E-state index contributed by atoms with van der Waals surface area (Å²) in [6, 6.07) is 4.72. The van der Waals surface area contributed by atoms with E-state index in [-0.39, 0.29) is 18.7 Å². The zero-order valence-corrected chi connectivity index (χ0v) is 13.4. The molecule has 2 N–H and O–H groups in total. The van der Waals surface area contributed by atoms with Gasteiger partial charge in [-0.05, 0) is 11.6 Å². The number of aromatic nitrogens is 2. The molecule has 0 aliphatic rings. The number of anilines is 1. The number of aliphatic hydroxyl groups is 1. The summed E-state index contributed by atoms with van der Waals surface area (Å²) in [6.07, 6.45) is -1.60. The fraction of sp³-hybridized carbons (Fsp3) is 0.312. The van der Waals surface area contributed by atoms with E-state index in [0.717, 1.165) is 6.07 Å². The summed E-state index contributed by atoms with van der Waals surface area (Å²) in [5.74, 6) is 0.0114. The van der Waals surface area contributed by atoms with Crippen molar-refractivity contribution in [2.24, 2.45) is 0 Å². The maximum Gasteiger partial charge on any atom is 0.416 e. The molecule has 0 bridgehead atoms. The van der Waals surface area contributed by atoms with Crippen LogP contribution in [0.2, 0.25) is 0 Å². The molecule has 2 rings (SSSR count). The molecule has 0 saturated heterocycles. The minimum absolute atomic E-state index is 0.0771. The lowest BCUT2D eigenvalue weighted by atomic mass is 10.0. The molecule has 2 aromatic rings. The number of hydrogen-bond acceptors (Lipinski definition) is 5. The van der Waals surface area contributed by atoms with Gasteiger partial charge in [0.25, 0.3) is 0 Å². The van der Waals surface area contributed by atoms with Crippen molar-refractivity contribution in [3.8, 4) is 0 Å². The van der Waals surface area contributed by atoms with Crippen LogP contribution in [-0.2, 0) is 11.0 Å². The lowest BCUT2D eigenvalue weighted by Crippen LogP contribution is -2.37. The van der Waals surface area contributed by atoms with Gasteiger partial charge in [-0.15, -0.1) is 0 Å². The first-order valence-corrected chi connectivity index (χ1v) is 7.37. The molecule has 1 heterocycles. The highest BCUT2D eigenvalue weighted by Crippen LogP contribution is 2.34. The van der Waals surface area contributed by atoms with E-state index in [0.29, 0.717) is 5.82 Å². The van der Waals surface area contributed by atoms with E-state index in [1.165, 1.54) is 41.7 Å². The largest absolute Gasteiger partial charge is 0.416 e. The molecule has 0 aliphatic heterocycles. The Morgan fingerprint density at radius 3 is 2.68 bits per heavy atom. The fourth-order valence-corrected chi connectivity index (χ4v) is 2.21. The number of carbonyl (C=O) groups excluding carboxylic acids is 1. The van der Waals surface area contributed by atoms with Crippen LogP contribution in [0.5, 0.6) is 0 Å². The topological polar surface area (TPSA) is 78.4 Å². The van der Waals surface area contributed by atoms with Crippen molar-refractivity contribution < 1.29 is 23.1 Å². The number of likely N-dealkylation sites (N-methyl/N-ethyl adjacent to an activating group) is 1. The van der Waals surface area contributed by atoms with Crippen LogP contribution in [0, 0.1) is 0 Å². The smallest absolute Gasteiger partial charge is 0.387 e. The summed E-state index contributed by atoms with van der Waals surface area (Å²) in [5.41, 5.74) is -1.20. The van der Waals surface area contributed by atoms with Gasteiger partial charge in [-0.1, -0.05) is 18.2 Å². The summed E-state index contributed by atoms with van der Waals surface area (Å²) in [5, 5.41) is 12.4. The van der Waals surface area contributed by atoms with Crippen LogP contribution in [0.4, 0.5) is 19.0 Å². The first-order chi connectivity index (χ1) is 11.8. The van der Waals surface area contributed by atoms with Crippen LogP contribution < -0.4 is 10.2 Å². The van der Waals surface area contributed by atoms with Gasteiger partial charge in [-0.25, -0.2) is 4.98 Å².